The van der Waals surface area contributed by atoms with Crippen LogP contribution in [0.2, 0.25) is 5.02 Å². The van der Waals surface area contributed by atoms with Crippen LogP contribution in [0.4, 0.5) is 17.2 Å². The van der Waals surface area contributed by atoms with Crippen LogP contribution in [0.3, 0.4) is 0 Å². The van der Waals surface area contributed by atoms with Gasteiger partial charge in [-0.2, -0.15) is 0 Å². The zero-order valence-electron chi connectivity index (χ0n) is 16.3. The highest BCUT2D eigenvalue weighted by Gasteiger charge is 2.37. The molecule has 1 N–H and O–H groups in total. The molecule has 1 aromatic carbocycles. The monoisotopic (exact) mass is 413 g/mol. The number of hydrogen-bond donors (Lipinski definition) is 1. The standard InChI is InChI=1S/C21H24ClN5O2/c1-25-10-12-26(13-11-25)19-7-4-16(14-23-19)24-20(28)18-8-9-27(21(18)29)17-5-2-15(22)3-6-17/h2-7,14,18H,8-13H2,1H3,(H,24,28). The van der Waals surface area contributed by atoms with Crippen molar-refractivity contribution >= 4 is 40.6 Å². The number of likely N-dealkylation sites (N-methyl/N-ethyl adjacent to an activating group) is 1. The molecule has 1 atom stereocenters. The molecule has 2 aromatic rings. The fourth-order valence-corrected chi connectivity index (χ4v) is 3.84. The van der Waals surface area contributed by atoms with Crippen LogP contribution in [0.15, 0.2) is 42.6 Å². The van der Waals surface area contributed by atoms with Crippen molar-refractivity contribution in [3.05, 3.63) is 47.6 Å². The molecule has 1 unspecified atom stereocenters. The van der Waals surface area contributed by atoms with E-state index in [2.05, 4.69) is 27.1 Å². The first-order valence-corrected chi connectivity index (χ1v) is 10.2. The number of benzene rings is 1. The van der Waals surface area contributed by atoms with Crippen LogP contribution in [0.25, 0.3) is 0 Å². The Labute approximate surface area is 175 Å². The molecule has 2 fully saturated rings. The van der Waals surface area contributed by atoms with E-state index in [4.69, 9.17) is 11.6 Å². The normalized spacial score (nSPS) is 20.2. The topological polar surface area (TPSA) is 68.8 Å². The van der Waals surface area contributed by atoms with Gasteiger partial charge < -0.3 is 20.0 Å². The zero-order valence-corrected chi connectivity index (χ0v) is 17.1. The summed E-state index contributed by atoms with van der Waals surface area (Å²) < 4.78 is 0. The Hall–Kier alpha value is -2.64. The Morgan fingerprint density at radius 2 is 1.79 bits per heavy atom. The van der Waals surface area contributed by atoms with E-state index in [1.54, 1.807) is 35.4 Å². The van der Waals surface area contributed by atoms with Gasteiger partial charge in [0.05, 0.1) is 11.9 Å². The van der Waals surface area contributed by atoms with Crippen LogP contribution in [0.1, 0.15) is 6.42 Å². The number of anilines is 3. The smallest absolute Gasteiger partial charge is 0.239 e. The molecule has 3 heterocycles. The maximum absolute atomic E-state index is 12.7. The number of aromatic nitrogens is 1. The average molecular weight is 414 g/mol. The Kier molecular flexibility index (Phi) is 5.69. The van der Waals surface area contributed by atoms with Crippen molar-refractivity contribution in [2.24, 2.45) is 5.92 Å². The Balaban J connectivity index is 1.37. The number of pyridine rings is 1. The second-order valence-electron chi connectivity index (χ2n) is 7.49. The van der Waals surface area contributed by atoms with E-state index in [1.165, 1.54) is 0 Å². The van der Waals surface area contributed by atoms with Gasteiger partial charge >= 0.3 is 0 Å². The molecule has 0 radical (unpaired) electrons. The van der Waals surface area contributed by atoms with E-state index < -0.39 is 5.92 Å². The van der Waals surface area contributed by atoms with E-state index in [0.29, 0.717) is 23.7 Å². The summed E-state index contributed by atoms with van der Waals surface area (Å²) in [7, 11) is 2.11. The quantitative estimate of drug-likeness (QED) is 0.780. The largest absolute Gasteiger partial charge is 0.354 e. The van der Waals surface area contributed by atoms with Gasteiger partial charge in [0.15, 0.2) is 0 Å². The lowest BCUT2D eigenvalue weighted by Gasteiger charge is -2.33. The van der Waals surface area contributed by atoms with Gasteiger partial charge in [-0.05, 0) is 49.9 Å². The predicted molar refractivity (Wildman–Crippen MR) is 114 cm³/mol. The van der Waals surface area contributed by atoms with Gasteiger partial charge in [0.2, 0.25) is 11.8 Å². The molecular formula is C21H24ClN5O2. The minimum absolute atomic E-state index is 0.188. The molecule has 0 saturated carbocycles. The molecule has 2 aliphatic rings. The number of halogens is 1. The van der Waals surface area contributed by atoms with Gasteiger partial charge in [-0.15, -0.1) is 0 Å². The van der Waals surface area contributed by atoms with E-state index >= 15 is 0 Å². The summed E-state index contributed by atoms with van der Waals surface area (Å²) >= 11 is 5.91. The third-order valence-corrected chi connectivity index (χ3v) is 5.75. The third-order valence-electron chi connectivity index (χ3n) is 5.50. The van der Waals surface area contributed by atoms with Crippen LogP contribution >= 0.6 is 11.6 Å². The minimum Gasteiger partial charge on any atom is -0.354 e. The maximum atomic E-state index is 12.7. The fraction of sp³-hybridized carbons (Fsp3) is 0.381. The lowest BCUT2D eigenvalue weighted by atomic mass is 10.1. The summed E-state index contributed by atoms with van der Waals surface area (Å²) in [4.78, 5) is 36.0. The maximum Gasteiger partial charge on any atom is 0.239 e. The van der Waals surface area contributed by atoms with Crippen molar-refractivity contribution in [3.8, 4) is 0 Å². The Bertz CT molecular complexity index is 879. The van der Waals surface area contributed by atoms with Crippen molar-refractivity contribution in [2.75, 3.05) is 54.9 Å². The third kappa shape index (κ3) is 4.36. The molecule has 2 aliphatic heterocycles. The number of carbonyl (C=O) groups is 2. The van der Waals surface area contributed by atoms with Crippen molar-refractivity contribution in [3.63, 3.8) is 0 Å². The molecule has 4 rings (SSSR count). The summed E-state index contributed by atoms with van der Waals surface area (Å²) in [5.74, 6) is -0.266. The minimum atomic E-state index is -0.692. The lowest BCUT2D eigenvalue weighted by molar-refractivity contribution is -0.129. The molecule has 29 heavy (non-hydrogen) atoms. The van der Waals surface area contributed by atoms with Gasteiger partial charge in [-0.25, -0.2) is 4.98 Å². The molecule has 152 valence electrons. The first-order chi connectivity index (χ1) is 14.0. The lowest BCUT2D eigenvalue weighted by Crippen LogP contribution is -2.44. The van der Waals surface area contributed by atoms with Gasteiger partial charge in [-0.1, -0.05) is 11.6 Å². The number of nitrogens with zero attached hydrogens (tertiary/aromatic N) is 4. The molecule has 8 heteroatoms. The summed E-state index contributed by atoms with van der Waals surface area (Å²) in [6.07, 6.45) is 2.14. The second-order valence-corrected chi connectivity index (χ2v) is 7.93. The highest BCUT2D eigenvalue weighted by Crippen LogP contribution is 2.27. The van der Waals surface area contributed by atoms with Crippen molar-refractivity contribution < 1.29 is 9.59 Å². The van der Waals surface area contributed by atoms with Crippen LogP contribution < -0.4 is 15.1 Å². The molecular weight excluding hydrogens is 390 g/mol. The van der Waals surface area contributed by atoms with Crippen LogP contribution in [0, 0.1) is 5.92 Å². The van der Waals surface area contributed by atoms with Crippen LogP contribution in [0.5, 0.6) is 0 Å². The second kappa shape index (κ2) is 8.39. The molecule has 0 spiro atoms. The summed E-state index contributed by atoms with van der Waals surface area (Å²) in [6.45, 7) is 4.40. The number of amides is 2. The summed E-state index contributed by atoms with van der Waals surface area (Å²) in [5.41, 5.74) is 1.36. The van der Waals surface area contributed by atoms with E-state index in [1.807, 2.05) is 12.1 Å². The highest BCUT2D eigenvalue weighted by molar-refractivity contribution is 6.30. The number of carbonyl (C=O) groups excluding carboxylic acids is 2. The van der Waals surface area contributed by atoms with Crippen molar-refractivity contribution in [1.82, 2.24) is 9.88 Å². The molecule has 0 bridgehead atoms. The molecule has 2 saturated heterocycles. The number of hydrogen-bond acceptors (Lipinski definition) is 5. The van der Waals surface area contributed by atoms with Crippen molar-refractivity contribution in [1.29, 1.82) is 0 Å². The van der Waals surface area contributed by atoms with E-state index in [9.17, 15) is 9.59 Å². The first kappa shape index (κ1) is 19.7. The van der Waals surface area contributed by atoms with E-state index in [-0.39, 0.29) is 11.8 Å². The summed E-state index contributed by atoms with van der Waals surface area (Å²) in [5, 5.41) is 3.45. The highest BCUT2D eigenvalue weighted by atomic mass is 35.5. The molecule has 7 nitrogen and oxygen atoms in total. The number of rotatable bonds is 4. The predicted octanol–water partition coefficient (Wildman–Crippen LogP) is 2.48. The average Bonchev–Trinajstić information content (AvgIpc) is 3.11. The first-order valence-electron chi connectivity index (χ1n) is 9.78. The number of nitrogens with one attached hydrogen (secondary N) is 1. The van der Waals surface area contributed by atoms with E-state index in [0.717, 1.165) is 37.7 Å². The Morgan fingerprint density at radius 1 is 1.07 bits per heavy atom. The van der Waals surface area contributed by atoms with Gasteiger partial charge in [0.25, 0.3) is 0 Å². The summed E-state index contributed by atoms with van der Waals surface area (Å²) in [6, 6.07) is 10.8. The van der Waals surface area contributed by atoms with Crippen LogP contribution in [-0.4, -0.2) is 61.5 Å². The molecule has 0 aliphatic carbocycles. The van der Waals surface area contributed by atoms with Gasteiger partial charge in [0.1, 0.15) is 11.7 Å². The molecule has 1 aromatic heterocycles. The number of piperazine rings is 1. The van der Waals surface area contributed by atoms with Crippen molar-refractivity contribution in [2.45, 2.75) is 6.42 Å². The van der Waals surface area contributed by atoms with Gasteiger partial charge in [-0.3, -0.25) is 9.59 Å². The Morgan fingerprint density at radius 3 is 2.45 bits per heavy atom. The SMILES string of the molecule is CN1CCN(c2ccc(NC(=O)C3CCN(c4ccc(Cl)cc4)C3=O)cn2)CC1. The zero-order chi connectivity index (χ0) is 20.4. The van der Waals surface area contributed by atoms with Crippen LogP contribution in [-0.2, 0) is 9.59 Å². The molecule has 2 amide bonds. The fourth-order valence-electron chi connectivity index (χ4n) is 3.71. The van der Waals surface area contributed by atoms with Gasteiger partial charge in [0, 0.05) is 43.4 Å².